The highest BCUT2D eigenvalue weighted by atomic mass is 15.3. The number of aromatic nitrogens is 2. The Hall–Kier alpha value is -0.960. The van der Waals surface area contributed by atoms with Crippen molar-refractivity contribution in [3.05, 3.63) is 24.3 Å². The molecule has 0 aliphatic heterocycles. The number of rotatable bonds is 5. The normalized spacial score (nSPS) is 11.6. The molecule has 0 aromatic carbocycles. The van der Waals surface area contributed by atoms with E-state index < -0.39 is 0 Å². The van der Waals surface area contributed by atoms with Crippen molar-refractivity contribution in [2.45, 2.75) is 27.3 Å². The molecule has 0 radical (unpaired) electrons. The SMILES string of the molecule is CC[N+](CC)(CC)Cc1cnccn1. The third-order valence-electron chi connectivity index (χ3n) is 3.13. The van der Waals surface area contributed by atoms with Crippen molar-refractivity contribution in [3.63, 3.8) is 0 Å². The van der Waals surface area contributed by atoms with E-state index in [1.54, 1.807) is 12.4 Å². The number of quaternary nitrogens is 1. The minimum Gasteiger partial charge on any atom is -0.319 e. The van der Waals surface area contributed by atoms with Crippen LogP contribution in [0.25, 0.3) is 0 Å². The second-order valence-corrected chi connectivity index (χ2v) is 3.65. The summed E-state index contributed by atoms with van der Waals surface area (Å²) in [5, 5.41) is 0. The number of hydrogen-bond donors (Lipinski definition) is 0. The van der Waals surface area contributed by atoms with Crippen LogP contribution in [0.2, 0.25) is 0 Å². The van der Waals surface area contributed by atoms with Crippen molar-refractivity contribution in [2.75, 3.05) is 19.6 Å². The smallest absolute Gasteiger partial charge is 0.123 e. The molecule has 78 valence electrons. The molecule has 1 aromatic rings. The molecule has 0 unspecified atom stereocenters. The van der Waals surface area contributed by atoms with Gasteiger partial charge >= 0.3 is 0 Å². The third kappa shape index (κ3) is 2.51. The second kappa shape index (κ2) is 5.05. The molecule has 0 fully saturated rings. The molecule has 0 aliphatic carbocycles. The molecular weight excluding hydrogens is 174 g/mol. The first-order chi connectivity index (χ1) is 6.76. The molecule has 14 heavy (non-hydrogen) atoms. The summed E-state index contributed by atoms with van der Waals surface area (Å²) in [6, 6.07) is 0. The van der Waals surface area contributed by atoms with Crippen molar-refractivity contribution in [2.24, 2.45) is 0 Å². The van der Waals surface area contributed by atoms with Crippen molar-refractivity contribution >= 4 is 0 Å². The summed E-state index contributed by atoms with van der Waals surface area (Å²) >= 11 is 0. The van der Waals surface area contributed by atoms with Crippen molar-refractivity contribution in [1.82, 2.24) is 9.97 Å². The van der Waals surface area contributed by atoms with E-state index >= 15 is 0 Å². The average molecular weight is 194 g/mol. The molecule has 1 heterocycles. The van der Waals surface area contributed by atoms with E-state index in [0.717, 1.165) is 36.4 Å². The van der Waals surface area contributed by atoms with E-state index in [2.05, 4.69) is 30.7 Å². The van der Waals surface area contributed by atoms with Crippen LogP contribution < -0.4 is 0 Å². The van der Waals surface area contributed by atoms with Crippen LogP contribution in [0.5, 0.6) is 0 Å². The highest BCUT2D eigenvalue weighted by molar-refractivity contribution is 4.92. The molecule has 0 aliphatic rings. The lowest BCUT2D eigenvalue weighted by Gasteiger charge is -2.35. The Morgan fingerprint density at radius 1 is 1.07 bits per heavy atom. The first-order valence-corrected chi connectivity index (χ1v) is 5.36. The van der Waals surface area contributed by atoms with Crippen LogP contribution in [0.15, 0.2) is 18.6 Å². The largest absolute Gasteiger partial charge is 0.319 e. The highest BCUT2D eigenvalue weighted by Crippen LogP contribution is 2.11. The zero-order chi connectivity index (χ0) is 10.4. The third-order valence-corrected chi connectivity index (χ3v) is 3.13. The molecule has 3 heteroatoms. The van der Waals surface area contributed by atoms with Gasteiger partial charge in [0.25, 0.3) is 0 Å². The Labute approximate surface area is 86.4 Å². The number of nitrogens with zero attached hydrogens (tertiary/aromatic N) is 3. The van der Waals surface area contributed by atoms with Crippen LogP contribution in [0, 0.1) is 0 Å². The Balaban J connectivity index is 2.74. The van der Waals surface area contributed by atoms with Crippen LogP contribution >= 0.6 is 0 Å². The maximum atomic E-state index is 4.33. The minimum atomic E-state index is 0.997. The topological polar surface area (TPSA) is 25.8 Å². The minimum absolute atomic E-state index is 0.997. The van der Waals surface area contributed by atoms with Gasteiger partial charge in [0.15, 0.2) is 0 Å². The summed E-state index contributed by atoms with van der Waals surface area (Å²) in [4.78, 5) is 8.43. The van der Waals surface area contributed by atoms with Crippen LogP contribution in [-0.4, -0.2) is 34.1 Å². The Kier molecular flexibility index (Phi) is 4.01. The molecule has 0 saturated heterocycles. The number of hydrogen-bond acceptors (Lipinski definition) is 2. The Morgan fingerprint density at radius 3 is 2.14 bits per heavy atom. The van der Waals surface area contributed by atoms with Crippen LogP contribution in [-0.2, 0) is 6.54 Å². The highest BCUT2D eigenvalue weighted by Gasteiger charge is 2.21. The zero-order valence-corrected chi connectivity index (χ0v) is 9.40. The van der Waals surface area contributed by atoms with Crippen molar-refractivity contribution < 1.29 is 4.48 Å². The maximum Gasteiger partial charge on any atom is 0.123 e. The first kappa shape index (κ1) is 11.1. The van der Waals surface area contributed by atoms with E-state index in [1.165, 1.54) is 0 Å². The lowest BCUT2D eigenvalue weighted by Crippen LogP contribution is -2.46. The summed E-state index contributed by atoms with van der Waals surface area (Å²) < 4.78 is 1.10. The zero-order valence-electron chi connectivity index (χ0n) is 9.40. The average Bonchev–Trinajstić information content (AvgIpc) is 2.28. The van der Waals surface area contributed by atoms with Gasteiger partial charge in [0, 0.05) is 12.4 Å². The standard InChI is InChI=1S/C11H20N3/c1-4-14(5-2,6-3)10-11-9-12-7-8-13-11/h7-9H,4-6,10H2,1-3H3/q+1. The summed E-state index contributed by atoms with van der Waals surface area (Å²) in [6.07, 6.45) is 5.36. The van der Waals surface area contributed by atoms with E-state index in [-0.39, 0.29) is 0 Å². The fraction of sp³-hybridized carbons (Fsp3) is 0.636. The van der Waals surface area contributed by atoms with Gasteiger partial charge in [-0.3, -0.25) is 9.97 Å². The molecule has 0 spiro atoms. The molecule has 0 saturated carbocycles. The molecule has 0 amide bonds. The summed E-state index contributed by atoms with van der Waals surface area (Å²) in [7, 11) is 0. The maximum absolute atomic E-state index is 4.33. The predicted molar refractivity (Wildman–Crippen MR) is 57.6 cm³/mol. The van der Waals surface area contributed by atoms with E-state index in [0.29, 0.717) is 0 Å². The fourth-order valence-corrected chi connectivity index (χ4v) is 1.76. The van der Waals surface area contributed by atoms with Gasteiger partial charge < -0.3 is 4.48 Å². The van der Waals surface area contributed by atoms with Gasteiger partial charge in [-0.05, 0) is 20.8 Å². The quantitative estimate of drug-likeness (QED) is 0.669. The molecule has 3 nitrogen and oxygen atoms in total. The molecule has 1 aromatic heterocycles. The van der Waals surface area contributed by atoms with E-state index in [9.17, 15) is 0 Å². The summed E-state index contributed by atoms with van der Waals surface area (Å²) in [5.74, 6) is 0. The van der Waals surface area contributed by atoms with Crippen molar-refractivity contribution in [1.29, 1.82) is 0 Å². The first-order valence-electron chi connectivity index (χ1n) is 5.36. The van der Waals surface area contributed by atoms with E-state index in [1.807, 2.05) is 6.20 Å². The summed E-state index contributed by atoms with van der Waals surface area (Å²) in [6.45, 7) is 11.2. The van der Waals surface area contributed by atoms with Gasteiger partial charge in [0.05, 0.1) is 25.8 Å². The fourth-order valence-electron chi connectivity index (χ4n) is 1.76. The van der Waals surface area contributed by atoms with Crippen LogP contribution in [0.3, 0.4) is 0 Å². The Bertz CT molecular complexity index is 246. The van der Waals surface area contributed by atoms with Gasteiger partial charge in [-0.2, -0.15) is 0 Å². The monoisotopic (exact) mass is 194 g/mol. The second-order valence-electron chi connectivity index (χ2n) is 3.65. The lowest BCUT2D eigenvalue weighted by atomic mass is 10.3. The van der Waals surface area contributed by atoms with Gasteiger partial charge in [-0.1, -0.05) is 0 Å². The molecular formula is C11H20N3+. The molecule has 1 rings (SSSR count). The van der Waals surface area contributed by atoms with Gasteiger partial charge in [-0.15, -0.1) is 0 Å². The lowest BCUT2D eigenvalue weighted by molar-refractivity contribution is -0.936. The molecule has 0 atom stereocenters. The van der Waals surface area contributed by atoms with Crippen LogP contribution in [0.4, 0.5) is 0 Å². The van der Waals surface area contributed by atoms with Gasteiger partial charge in [-0.25, -0.2) is 0 Å². The molecule has 0 bridgehead atoms. The summed E-state index contributed by atoms with van der Waals surface area (Å²) in [5.41, 5.74) is 1.10. The van der Waals surface area contributed by atoms with Crippen molar-refractivity contribution in [3.8, 4) is 0 Å². The predicted octanol–water partition coefficient (Wildman–Crippen LogP) is 1.85. The molecule has 0 N–H and O–H groups in total. The van der Waals surface area contributed by atoms with Crippen LogP contribution in [0.1, 0.15) is 26.5 Å². The van der Waals surface area contributed by atoms with Gasteiger partial charge in [0.2, 0.25) is 0 Å². The Morgan fingerprint density at radius 2 is 1.71 bits per heavy atom. The van der Waals surface area contributed by atoms with Gasteiger partial charge in [0.1, 0.15) is 12.2 Å². The van der Waals surface area contributed by atoms with E-state index in [4.69, 9.17) is 0 Å².